The molecule has 1 aliphatic rings. The fourth-order valence-corrected chi connectivity index (χ4v) is 3.58. The van der Waals surface area contributed by atoms with Gasteiger partial charge in [-0.25, -0.2) is 0 Å². The molecule has 174 valence electrons. The number of nitro benzene ring substituents is 1. The molecule has 12 heteroatoms. The van der Waals surface area contributed by atoms with Crippen molar-refractivity contribution >= 4 is 17.3 Å². The van der Waals surface area contributed by atoms with Gasteiger partial charge in [-0.3, -0.25) is 14.9 Å². The number of aromatic nitrogens is 2. The molecule has 1 amide bonds. The third-order valence-electron chi connectivity index (χ3n) is 5.24. The van der Waals surface area contributed by atoms with Gasteiger partial charge >= 0.3 is 6.18 Å². The largest absolute Gasteiger partial charge is 0.416 e. The molecule has 1 aromatic carbocycles. The van der Waals surface area contributed by atoms with Gasteiger partial charge in [-0.05, 0) is 25.0 Å². The molecule has 0 N–H and O–H groups in total. The quantitative estimate of drug-likeness (QED) is 0.442. The predicted octanol–water partition coefficient (Wildman–Crippen LogP) is 3.62. The first-order valence-electron chi connectivity index (χ1n) is 10.4. The van der Waals surface area contributed by atoms with Gasteiger partial charge in [0.05, 0.1) is 10.5 Å². The number of carbonyl (C=O) groups is 1. The topological polar surface area (TPSA) is 106 Å². The maximum absolute atomic E-state index is 12.9. The maximum Gasteiger partial charge on any atom is 0.416 e. The van der Waals surface area contributed by atoms with Crippen LogP contribution in [-0.2, 0) is 23.8 Å². The fraction of sp³-hybridized carbons (Fsp3) is 0.550. The molecule has 32 heavy (non-hydrogen) atoms. The Balaban J connectivity index is 1.53. The van der Waals surface area contributed by atoms with Crippen molar-refractivity contribution in [2.24, 2.45) is 0 Å². The van der Waals surface area contributed by atoms with Crippen LogP contribution in [-0.4, -0.2) is 52.1 Å². The first-order valence-corrected chi connectivity index (χ1v) is 10.4. The summed E-state index contributed by atoms with van der Waals surface area (Å²) >= 11 is 0. The first kappa shape index (κ1) is 23.5. The molecule has 0 saturated carbocycles. The monoisotopic (exact) mass is 455 g/mol. The molecule has 1 saturated heterocycles. The van der Waals surface area contributed by atoms with E-state index < -0.39 is 22.4 Å². The number of hydrogen-bond donors (Lipinski definition) is 0. The smallest absolute Gasteiger partial charge is 0.362 e. The van der Waals surface area contributed by atoms with Crippen molar-refractivity contribution < 1.29 is 27.4 Å². The number of nitro groups is 1. The molecule has 0 bridgehead atoms. The normalized spacial score (nSPS) is 14.6. The second-order valence-corrected chi connectivity index (χ2v) is 7.53. The number of benzene rings is 1. The van der Waals surface area contributed by atoms with E-state index in [4.69, 9.17) is 4.52 Å². The number of amides is 1. The highest BCUT2D eigenvalue weighted by molar-refractivity contribution is 5.76. The van der Waals surface area contributed by atoms with Crippen molar-refractivity contribution in [3.8, 4) is 0 Å². The van der Waals surface area contributed by atoms with Gasteiger partial charge in [-0.1, -0.05) is 12.1 Å². The Kier molecular flexibility index (Phi) is 7.31. The molecule has 2 aromatic rings. The van der Waals surface area contributed by atoms with Crippen LogP contribution in [0.1, 0.15) is 43.5 Å². The van der Waals surface area contributed by atoms with E-state index in [-0.39, 0.29) is 11.6 Å². The molecule has 0 unspecified atom stereocenters. The molecule has 3 rings (SSSR count). The molecule has 1 fully saturated rings. The highest BCUT2D eigenvalue weighted by atomic mass is 19.4. The number of carbonyl (C=O) groups excluding carboxylic acids is 1. The summed E-state index contributed by atoms with van der Waals surface area (Å²) in [5, 5.41) is 15.2. The van der Waals surface area contributed by atoms with E-state index in [1.165, 1.54) is 0 Å². The van der Waals surface area contributed by atoms with Gasteiger partial charge in [0, 0.05) is 51.5 Å². The SMILES string of the molecule is CCCc1noc(CCCC(=O)N2CCN(c3ccc(C(F)(F)F)cc3[N+](=O)[O-])CC2)n1. The summed E-state index contributed by atoms with van der Waals surface area (Å²) in [7, 11) is 0. The summed E-state index contributed by atoms with van der Waals surface area (Å²) in [4.78, 5) is 30.5. The van der Waals surface area contributed by atoms with Crippen LogP contribution in [0, 0.1) is 10.1 Å². The minimum Gasteiger partial charge on any atom is -0.362 e. The van der Waals surface area contributed by atoms with Gasteiger partial charge in [0.15, 0.2) is 5.82 Å². The van der Waals surface area contributed by atoms with Gasteiger partial charge in [0.1, 0.15) is 5.69 Å². The van der Waals surface area contributed by atoms with Crippen LogP contribution in [0.3, 0.4) is 0 Å². The lowest BCUT2D eigenvalue weighted by atomic mass is 10.1. The van der Waals surface area contributed by atoms with Crippen LogP contribution >= 0.6 is 0 Å². The number of rotatable bonds is 8. The van der Waals surface area contributed by atoms with Gasteiger partial charge in [0.25, 0.3) is 5.69 Å². The summed E-state index contributed by atoms with van der Waals surface area (Å²) in [5.74, 6) is 1.10. The summed E-state index contributed by atoms with van der Waals surface area (Å²) in [6.07, 6.45) is -1.65. The number of anilines is 1. The molecule has 2 heterocycles. The number of piperazine rings is 1. The lowest BCUT2D eigenvalue weighted by Gasteiger charge is -2.36. The van der Waals surface area contributed by atoms with Crippen LogP contribution in [0.25, 0.3) is 0 Å². The Hall–Kier alpha value is -3.18. The molecule has 0 radical (unpaired) electrons. The van der Waals surface area contributed by atoms with Crippen LogP contribution < -0.4 is 4.90 Å². The molecule has 1 aliphatic heterocycles. The van der Waals surface area contributed by atoms with Crippen molar-refractivity contribution in [1.29, 1.82) is 0 Å². The lowest BCUT2D eigenvalue weighted by molar-refractivity contribution is -0.384. The van der Waals surface area contributed by atoms with Crippen LogP contribution in [0.15, 0.2) is 22.7 Å². The molecular formula is C20H24F3N5O4. The van der Waals surface area contributed by atoms with Crippen molar-refractivity contribution in [3.05, 3.63) is 45.6 Å². The second kappa shape index (κ2) is 9.96. The minimum atomic E-state index is -4.66. The molecular weight excluding hydrogens is 431 g/mol. The van der Waals surface area contributed by atoms with Crippen molar-refractivity contribution in [3.63, 3.8) is 0 Å². The number of aryl methyl sites for hydroxylation is 2. The van der Waals surface area contributed by atoms with E-state index in [0.717, 1.165) is 25.0 Å². The van der Waals surface area contributed by atoms with Crippen LogP contribution in [0.5, 0.6) is 0 Å². The molecule has 0 aliphatic carbocycles. The average Bonchev–Trinajstić information content (AvgIpc) is 3.20. The summed E-state index contributed by atoms with van der Waals surface area (Å²) in [6, 6.07) is 2.51. The highest BCUT2D eigenvalue weighted by Crippen LogP contribution is 2.36. The zero-order chi connectivity index (χ0) is 23.3. The van der Waals surface area contributed by atoms with Gasteiger partial charge in [0.2, 0.25) is 11.8 Å². The fourth-order valence-electron chi connectivity index (χ4n) is 3.58. The maximum atomic E-state index is 12.9. The van der Waals surface area contributed by atoms with E-state index in [9.17, 15) is 28.1 Å². The highest BCUT2D eigenvalue weighted by Gasteiger charge is 2.34. The third-order valence-corrected chi connectivity index (χ3v) is 5.24. The van der Waals surface area contributed by atoms with E-state index in [2.05, 4.69) is 10.1 Å². The van der Waals surface area contributed by atoms with E-state index in [0.29, 0.717) is 63.2 Å². The zero-order valence-corrected chi connectivity index (χ0v) is 17.6. The zero-order valence-electron chi connectivity index (χ0n) is 17.6. The number of halogens is 3. The predicted molar refractivity (Wildman–Crippen MR) is 108 cm³/mol. The Labute approximate surface area is 182 Å². The summed E-state index contributed by atoms with van der Waals surface area (Å²) in [5.41, 5.74) is -1.54. The summed E-state index contributed by atoms with van der Waals surface area (Å²) in [6.45, 7) is 3.27. The summed E-state index contributed by atoms with van der Waals surface area (Å²) < 4.78 is 43.8. The second-order valence-electron chi connectivity index (χ2n) is 7.53. The number of alkyl halides is 3. The van der Waals surface area contributed by atoms with Crippen molar-refractivity contribution in [1.82, 2.24) is 15.0 Å². The van der Waals surface area contributed by atoms with E-state index in [1.54, 1.807) is 9.80 Å². The van der Waals surface area contributed by atoms with E-state index >= 15 is 0 Å². The molecule has 0 spiro atoms. The lowest BCUT2D eigenvalue weighted by Crippen LogP contribution is -2.48. The minimum absolute atomic E-state index is 0.0557. The average molecular weight is 455 g/mol. The van der Waals surface area contributed by atoms with Crippen molar-refractivity contribution in [2.45, 2.75) is 45.2 Å². The van der Waals surface area contributed by atoms with E-state index in [1.807, 2.05) is 6.92 Å². The Morgan fingerprint density at radius 3 is 2.56 bits per heavy atom. The number of nitrogens with zero attached hydrogens (tertiary/aromatic N) is 5. The number of hydrogen-bond acceptors (Lipinski definition) is 7. The Morgan fingerprint density at radius 2 is 1.94 bits per heavy atom. The van der Waals surface area contributed by atoms with Crippen LogP contribution in [0.2, 0.25) is 0 Å². The molecule has 0 atom stereocenters. The third kappa shape index (κ3) is 5.74. The molecule has 9 nitrogen and oxygen atoms in total. The van der Waals surface area contributed by atoms with Crippen LogP contribution in [0.4, 0.5) is 24.5 Å². The van der Waals surface area contributed by atoms with Gasteiger partial charge < -0.3 is 14.3 Å². The standard InChI is InChI=1S/C20H24F3N5O4/c1-2-4-17-24-18(32-25-17)5-3-6-19(29)27-11-9-26(10-12-27)15-8-7-14(20(21,22)23)13-16(15)28(30)31/h7-8,13H,2-6,9-12H2,1H3. The van der Waals surface area contributed by atoms with Gasteiger partial charge in [-0.15, -0.1) is 0 Å². The Morgan fingerprint density at radius 1 is 1.22 bits per heavy atom. The molecule has 1 aromatic heterocycles. The van der Waals surface area contributed by atoms with Crippen molar-refractivity contribution in [2.75, 3.05) is 31.1 Å². The first-order chi connectivity index (χ1) is 15.2. The van der Waals surface area contributed by atoms with Gasteiger partial charge in [-0.2, -0.15) is 18.2 Å². The Bertz CT molecular complexity index is 955.